The maximum absolute atomic E-state index is 12.2. The first-order valence-electron chi connectivity index (χ1n) is 5.40. The summed E-state index contributed by atoms with van der Waals surface area (Å²) in [4.78, 5) is 10.7. The largest absolute Gasteiger partial charge is 0.477 e. The first-order chi connectivity index (χ1) is 9.29. The van der Waals surface area contributed by atoms with E-state index in [0.29, 0.717) is 5.69 Å². The first kappa shape index (κ1) is 15.0. The second kappa shape index (κ2) is 5.55. The van der Waals surface area contributed by atoms with Crippen LogP contribution in [0.5, 0.6) is 0 Å². The van der Waals surface area contributed by atoms with E-state index in [4.69, 9.17) is 5.11 Å². The van der Waals surface area contributed by atoms with Crippen molar-refractivity contribution < 1.29 is 18.3 Å². The summed E-state index contributed by atoms with van der Waals surface area (Å²) in [6.07, 6.45) is 0. The summed E-state index contributed by atoms with van der Waals surface area (Å²) in [6.45, 7) is 1.78. The minimum absolute atomic E-state index is 0.0158. The molecule has 0 amide bonds. The van der Waals surface area contributed by atoms with E-state index < -0.39 is 16.0 Å². The Morgan fingerprint density at radius 1 is 1.35 bits per heavy atom. The van der Waals surface area contributed by atoms with Crippen LogP contribution in [0.4, 0.5) is 5.69 Å². The zero-order valence-electron chi connectivity index (χ0n) is 10.3. The molecular formula is C12H10BrNO4S2. The van der Waals surface area contributed by atoms with Crippen LogP contribution in [-0.4, -0.2) is 19.5 Å². The van der Waals surface area contributed by atoms with Crippen molar-refractivity contribution in [3.8, 4) is 0 Å². The monoisotopic (exact) mass is 375 g/mol. The SMILES string of the molecule is Cc1cc(Br)ccc1NS(=O)(=O)c1csc(C(=O)O)c1. The van der Waals surface area contributed by atoms with Crippen LogP contribution >= 0.6 is 27.3 Å². The van der Waals surface area contributed by atoms with E-state index in [1.807, 2.05) is 0 Å². The van der Waals surface area contributed by atoms with E-state index in [1.165, 1.54) is 5.38 Å². The second-order valence-electron chi connectivity index (χ2n) is 4.02. The lowest BCUT2D eigenvalue weighted by molar-refractivity contribution is 0.0702. The Balaban J connectivity index is 2.33. The summed E-state index contributed by atoms with van der Waals surface area (Å²) in [5.74, 6) is -1.14. The molecule has 2 rings (SSSR count). The second-order valence-corrected chi connectivity index (χ2v) is 7.53. The number of nitrogens with one attached hydrogen (secondary N) is 1. The zero-order valence-corrected chi connectivity index (χ0v) is 13.5. The van der Waals surface area contributed by atoms with Crippen LogP contribution in [0, 0.1) is 6.92 Å². The molecule has 2 N–H and O–H groups in total. The van der Waals surface area contributed by atoms with Gasteiger partial charge in [-0.25, -0.2) is 13.2 Å². The first-order valence-corrected chi connectivity index (χ1v) is 8.56. The fraction of sp³-hybridized carbons (Fsp3) is 0.0833. The molecular weight excluding hydrogens is 366 g/mol. The van der Waals surface area contributed by atoms with Crippen molar-refractivity contribution in [3.63, 3.8) is 0 Å². The number of hydrogen-bond acceptors (Lipinski definition) is 4. The Labute approximate surface area is 128 Å². The molecule has 0 aliphatic heterocycles. The van der Waals surface area contributed by atoms with Crippen LogP contribution in [0.25, 0.3) is 0 Å². The fourth-order valence-electron chi connectivity index (χ4n) is 1.52. The molecule has 5 nitrogen and oxygen atoms in total. The Hall–Kier alpha value is -1.38. The Bertz CT molecular complexity index is 768. The van der Waals surface area contributed by atoms with Crippen molar-refractivity contribution in [2.24, 2.45) is 0 Å². The highest BCUT2D eigenvalue weighted by Gasteiger charge is 2.19. The normalized spacial score (nSPS) is 11.3. The predicted octanol–water partition coefficient (Wildman–Crippen LogP) is 3.32. The summed E-state index contributed by atoms with van der Waals surface area (Å²) in [5, 5.41) is 10.1. The molecule has 0 fully saturated rings. The lowest BCUT2D eigenvalue weighted by Gasteiger charge is -2.09. The van der Waals surface area contributed by atoms with Gasteiger partial charge in [0.2, 0.25) is 0 Å². The van der Waals surface area contributed by atoms with Crippen molar-refractivity contribution in [3.05, 3.63) is 44.6 Å². The minimum Gasteiger partial charge on any atom is -0.477 e. The number of anilines is 1. The average molecular weight is 376 g/mol. The molecule has 0 bridgehead atoms. The molecule has 0 saturated carbocycles. The van der Waals surface area contributed by atoms with Gasteiger partial charge in [0.25, 0.3) is 10.0 Å². The van der Waals surface area contributed by atoms with Crippen molar-refractivity contribution in [2.45, 2.75) is 11.8 Å². The number of aromatic carboxylic acids is 1. The van der Waals surface area contributed by atoms with E-state index in [2.05, 4.69) is 20.7 Å². The molecule has 0 atom stereocenters. The molecule has 1 heterocycles. The molecule has 1 aromatic heterocycles. The third kappa shape index (κ3) is 3.20. The summed E-state index contributed by atoms with van der Waals surface area (Å²) in [6, 6.07) is 6.29. The van der Waals surface area contributed by atoms with Crippen LogP contribution in [0.1, 0.15) is 15.2 Å². The molecule has 0 radical (unpaired) electrons. The highest BCUT2D eigenvalue weighted by atomic mass is 79.9. The quantitative estimate of drug-likeness (QED) is 0.858. The molecule has 2 aromatic rings. The molecule has 0 unspecified atom stereocenters. The number of carbonyl (C=O) groups is 1. The summed E-state index contributed by atoms with van der Waals surface area (Å²) >= 11 is 4.17. The van der Waals surface area contributed by atoms with Gasteiger partial charge < -0.3 is 5.11 Å². The van der Waals surface area contributed by atoms with E-state index in [0.717, 1.165) is 27.4 Å². The van der Waals surface area contributed by atoms with E-state index in [-0.39, 0.29) is 9.77 Å². The standard InChI is InChI=1S/C12H10BrNO4S2/c1-7-4-8(13)2-3-10(7)14-20(17,18)9-5-11(12(15)16)19-6-9/h2-6,14H,1H3,(H,15,16). The molecule has 0 saturated heterocycles. The van der Waals surface area contributed by atoms with Gasteiger partial charge in [0.15, 0.2) is 0 Å². The van der Waals surface area contributed by atoms with Crippen molar-refractivity contribution >= 4 is 48.9 Å². The van der Waals surface area contributed by atoms with Gasteiger partial charge in [-0.3, -0.25) is 4.72 Å². The fourth-order valence-corrected chi connectivity index (χ4v) is 4.23. The van der Waals surface area contributed by atoms with Crippen LogP contribution in [-0.2, 0) is 10.0 Å². The third-order valence-electron chi connectivity index (χ3n) is 2.53. The number of halogens is 1. The molecule has 1 aromatic carbocycles. The summed E-state index contributed by atoms with van der Waals surface area (Å²) < 4.78 is 27.6. The number of sulfonamides is 1. The predicted molar refractivity (Wildman–Crippen MR) is 81.0 cm³/mol. The minimum atomic E-state index is -3.78. The molecule has 106 valence electrons. The van der Waals surface area contributed by atoms with Crippen LogP contribution in [0.3, 0.4) is 0 Å². The van der Waals surface area contributed by atoms with Gasteiger partial charge in [-0.1, -0.05) is 15.9 Å². The van der Waals surface area contributed by atoms with Gasteiger partial charge >= 0.3 is 5.97 Å². The topological polar surface area (TPSA) is 83.5 Å². The number of carboxylic acids is 1. The van der Waals surface area contributed by atoms with Crippen LogP contribution in [0.15, 0.2) is 39.0 Å². The van der Waals surface area contributed by atoms with Crippen molar-refractivity contribution in [1.29, 1.82) is 0 Å². The van der Waals surface area contributed by atoms with Gasteiger partial charge in [0.1, 0.15) is 4.88 Å². The van der Waals surface area contributed by atoms with Gasteiger partial charge in [-0.15, -0.1) is 11.3 Å². The Morgan fingerprint density at radius 2 is 2.05 bits per heavy atom. The zero-order chi connectivity index (χ0) is 14.9. The molecule has 0 aliphatic carbocycles. The lowest BCUT2D eigenvalue weighted by atomic mass is 10.2. The highest BCUT2D eigenvalue weighted by Crippen LogP contribution is 2.25. The Morgan fingerprint density at radius 3 is 2.60 bits per heavy atom. The lowest BCUT2D eigenvalue weighted by Crippen LogP contribution is -2.13. The molecule has 0 spiro atoms. The molecule has 20 heavy (non-hydrogen) atoms. The van der Waals surface area contributed by atoms with Gasteiger partial charge in [-0.05, 0) is 36.8 Å². The van der Waals surface area contributed by atoms with E-state index in [9.17, 15) is 13.2 Å². The smallest absolute Gasteiger partial charge is 0.345 e. The van der Waals surface area contributed by atoms with Gasteiger partial charge in [0, 0.05) is 9.85 Å². The van der Waals surface area contributed by atoms with Gasteiger partial charge in [0.05, 0.1) is 10.6 Å². The van der Waals surface area contributed by atoms with Gasteiger partial charge in [-0.2, -0.15) is 0 Å². The maximum Gasteiger partial charge on any atom is 0.345 e. The van der Waals surface area contributed by atoms with Crippen molar-refractivity contribution in [1.82, 2.24) is 0 Å². The van der Waals surface area contributed by atoms with Crippen molar-refractivity contribution in [2.75, 3.05) is 4.72 Å². The highest BCUT2D eigenvalue weighted by molar-refractivity contribution is 9.10. The number of thiophene rings is 1. The van der Waals surface area contributed by atoms with E-state index in [1.54, 1.807) is 25.1 Å². The maximum atomic E-state index is 12.2. The Kier molecular flexibility index (Phi) is 4.17. The van der Waals surface area contributed by atoms with Crippen LogP contribution in [0.2, 0.25) is 0 Å². The molecule has 8 heteroatoms. The average Bonchev–Trinajstić information content (AvgIpc) is 2.83. The number of aryl methyl sites for hydroxylation is 1. The number of benzene rings is 1. The van der Waals surface area contributed by atoms with E-state index >= 15 is 0 Å². The summed E-state index contributed by atoms with van der Waals surface area (Å²) in [7, 11) is -3.78. The van der Waals surface area contributed by atoms with Crippen LogP contribution < -0.4 is 4.72 Å². The number of hydrogen-bond donors (Lipinski definition) is 2. The third-order valence-corrected chi connectivity index (χ3v) is 5.43. The number of carboxylic acid groups (broad SMARTS) is 1. The summed E-state index contributed by atoms with van der Waals surface area (Å²) in [5.41, 5.74) is 1.22. The molecule has 0 aliphatic rings. The number of rotatable bonds is 4.